The lowest BCUT2D eigenvalue weighted by molar-refractivity contribution is -0.174. The van der Waals surface area contributed by atoms with Gasteiger partial charge in [0.1, 0.15) is 18.3 Å². The molecule has 1 aliphatic heterocycles. The molecule has 42 heavy (non-hydrogen) atoms. The van der Waals surface area contributed by atoms with Crippen molar-refractivity contribution >= 4 is 23.9 Å². The molecule has 7 aliphatic rings. The van der Waals surface area contributed by atoms with Gasteiger partial charge in [0.05, 0.1) is 29.8 Å². The van der Waals surface area contributed by atoms with E-state index in [1.807, 2.05) is 27.7 Å². The average molecular weight is 585 g/mol. The Labute approximate surface area is 249 Å². The fraction of sp³-hybridized carbons (Fsp3) is 0.882. The number of methoxy groups -OCH3 is 1. The summed E-state index contributed by atoms with van der Waals surface area (Å²) in [5.41, 5.74) is -1.87. The average Bonchev–Trinajstić information content (AvgIpc) is 3.80. The van der Waals surface area contributed by atoms with E-state index in [2.05, 4.69) is 0 Å². The molecule has 0 N–H and O–H groups in total. The first-order valence-corrected chi connectivity index (χ1v) is 16.6. The Kier molecular flexibility index (Phi) is 6.78. The van der Waals surface area contributed by atoms with Gasteiger partial charge >= 0.3 is 23.9 Å². The number of fused-ring (bicyclic) bond motifs is 10. The monoisotopic (exact) mass is 584 g/mol. The number of hydrogen-bond donors (Lipinski definition) is 0. The topological polar surface area (TPSA) is 105 Å². The first kappa shape index (κ1) is 28.6. The van der Waals surface area contributed by atoms with E-state index in [1.165, 1.54) is 32.8 Å². The van der Waals surface area contributed by atoms with E-state index in [1.54, 1.807) is 0 Å². The Morgan fingerprint density at radius 1 is 0.857 bits per heavy atom. The Hall–Kier alpha value is -2.12. The fourth-order valence-electron chi connectivity index (χ4n) is 11.3. The summed E-state index contributed by atoms with van der Waals surface area (Å²) in [7, 11) is 1.35. The molecule has 0 amide bonds. The lowest BCUT2D eigenvalue weighted by atomic mass is 9.70. The molecule has 0 aromatic heterocycles. The van der Waals surface area contributed by atoms with Gasteiger partial charge in [-0.3, -0.25) is 19.2 Å². The fourth-order valence-corrected chi connectivity index (χ4v) is 11.3. The normalized spacial score (nSPS) is 44.1. The van der Waals surface area contributed by atoms with Crippen LogP contribution in [0.5, 0.6) is 0 Å². The molecule has 14 unspecified atom stereocenters. The molecule has 6 saturated carbocycles. The standard InChI is InChI=1S/C34H48O8/c1-6-34(4,32(38)42-27-19-11-21-22(12-19)30(36)41-28(21)27)15-20(29(35)39-5)14-33(2,3)31(37)40-24-13-18-10-23(24)26-17-8-7-16(9-17)25(18)26/h16-28H,6-15H2,1-5H3. The van der Waals surface area contributed by atoms with Gasteiger partial charge in [-0.15, -0.1) is 0 Å². The van der Waals surface area contributed by atoms with Gasteiger partial charge in [-0.25, -0.2) is 0 Å². The van der Waals surface area contributed by atoms with E-state index in [-0.39, 0.29) is 60.7 Å². The van der Waals surface area contributed by atoms with Crippen molar-refractivity contribution in [2.75, 3.05) is 7.11 Å². The lowest BCUT2D eigenvalue weighted by Gasteiger charge is -2.39. The maximum atomic E-state index is 13.7. The summed E-state index contributed by atoms with van der Waals surface area (Å²) in [5, 5.41) is 0. The molecule has 0 aromatic carbocycles. The highest BCUT2D eigenvalue weighted by molar-refractivity contribution is 5.81. The quantitative estimate of drug-likeness (QED) is 0.198. The van der Waals surface area contributed by atoms with Crippen LogP contribution in [0, 0.1) is 70.0 Å². The van der Waals surface area contributed by atoms with Crippen molar-refractivity contribution in [3.05, 3.63) is 0 Å². The van der Waals surface area contributed by atoms with Gasteiger partial charge < -0.3 is 18.9 Å². The van der Waals surface area contributed by atoms with E-state index in [9.17, 15) is 19.2 Å². The van der Waals surface area contributed by atoms with Gasteiger partial charge in [0, 0.05) is 11.8 Å². The van der Waals surface area contributed by atoms with Crippen molar-refractivity contribution in [3.63, 3.8) is 0 Å². The summed E-state index contributed by atoms with van der Waals surface area (Å²) >= 11 is 0. The molecule has 232 valence electrons. The molecule has 7 fully saturated rings. The summed E-state index contributed by atoms with van der Waals surface area (Å²) < 4.78 is 23.1. The maximum Gasteiger partial charge on any atom is 0.312 e. The van der Waals surface area contributed by atoms with Crippen molar-refractivity contribution in [2.45, 2.75) is 110 Å². The summed E-state index contributed by atoms with van der Waals surface area (Å²) in [6.07, 6.45) is 7.99. The molecule has 1 saturated heterocycles. The van der Waals surface area contributed by atoms with Crippen LogP contribution in [0.4, 0.5) is 0 Å². The zero-order valence-corrected chi connectivity index (χ0v) is 25.8. The second-order valence-corrected chi connectivity index (χ2v) is 16.0. The van der Waals surface area contributed by atoms with Crippen LogP contribution >= 0.6 is 0 Å². The SMILES string of the molecule is CCC(C)(CC(CC(C)(C)C(=O)OC1CC2CC1C1C3CCC(C3)C21)C(=O)OC)C(=O)OC1C2CC3C(=O)OC1C3C2. The van der Waals surface area contributed by atoms with E-state index in [0.29, 0.717) is 24.7 Å². The third kappa shape index (κ3) is 4.27. The molecule has 7 rings (SSSR count). The van der Waals surface area contributed by atoms with Gasteiger partial charge in [0.25, 0.3) is 0 Å². The minimum Gasteiger partial charge on any atom is -0.469 e. The van der Waals surface area contributed by atoms with Crippen LogP contribution in [0.15, 0.2) is 0 Å². The van der Waals surface area contributed by atoms with Gasteiger partial charge in [-0.05, 0) is 120 Å². The number of carbonyl (C=O) groups is 4. The number of carbonyl (C=O) groups excluding carboxylic acids is 4. The molecule has 6 bridgehead atoms. The van der Waals surface area contributed by atoms with Gasteiger partial charge in [0.15, 0.2) is 0 Å². The molecular weight excluding hydrogens is 536 g/mol. The molecule has 8 heteroatoms. The van der Waals surface area contributed by atoms with E-state index < -0.39 is 28.8 Å². The Balaban J connectivity index is 1.00. The molecule has 6 aliphatic carbocycles. The van der Waals surface area contributed by atoms with Gasteiger partial charge in [0.2, 0.25) is 0 Å². The minimum absolute atomic E-state index is 0.0131. The molecule has 0 aromatic rings. The van der Waals surface area contributed by atoms with Crippen LogP contribution in [-0.2, 0) is 38.1 Å². The van der Waals surface area contributed by atoms with Crippen molar-refractivity contribution < 1.29 is 38.1 Å². The minimum atomic E-state index is -0.954. The number of rotatable bonds is 10. The molecule has 0 spiro atoms. The molecule has 1 heterocycles. The Morgan fingerprint density at radius 3 is 2.29 bits per heavy atom. The number of hydrogen-bond acceptors (Lipinski definition) is 8. The number of esters is 4. The summed E-state index contributed by atoms with van der Waals surface area (Å²) in [6, 6.07) is 0. The molecule has 0 radical (unpaired) electrons. The lowest BCUT2D eigenvalue weighted by Crippen LogP contribution is -2.43. The number of ether oxygens (including phenoxy) is 4. The smallest absolute Gasteiger partial charge is 0.312 e. The summed E-state index contributed by atoms with van der Waals surface area (Å²) in [6.45, 7) is 7.44. The van der Waals surface area contributed by atoms with Crippen LogP contribution in [-0.4, -0.2) is 49.3 Å². The Morgan fingerprint density at radius 2 is 1.57 bits per heavy atom. The van der Waals surface area contributed by atoms with E-state index in [0.717, 1.165) is 36.5 Å². The molecular formula is C34H48O8. The Bertz CT molecular complexity index is 1160. The van der Waals surface area contributed by atoms with E-state index >= 15 is 0 Å². The second-order valence-electron chi connectivity index (χ2n) is 16.0. The second kappa shape index (κ2) is 9.95. The van der Waals surface area contributed by atoms with Crippen LogP contribution in [0.1, 0.15) is 91.9 Å². The highest BCUT2D eigenvalue weighted by Gasteiger charge is 2.65. The van der Waals surface area contributed by atoms with E-state index in [4.69, 9.17) is 18.9 Å². The van der Waals surface area contributed by atoms with Gasteiger partial charge in [-0.1, -0.05) is 6.92 Å². The third-order valence-corrected chi connectivity index (χ3v) is 13.4. The zero-order chi connectivity index (χ0) is 29.7. The highest BCUT2D eigenvalue weighted by Crippen LogP contribution is 2.68. The summed E-state index contributed by atoms with van der Waals surface area (Å²) in [4.78, 5) is 52.6. The summed E-state index contributed by atoms with van der Waals surface area (Å²) in [5.74, 6) is 2.85. The highest BCUT2D eigenvalue weighted by atomic mass is 16.6. The first-order valence-electron chi connectivity index (χ1n) is 16.6. The first-order chi connectivity index (χ1) is 19.9. The van der Waals surface area contributed by atoms with Crippen LogP contribution < -0.4 is 0 Å². The largest absolute Gasteiger partial charge is 0.469 e. The van der Waals surface area contributed by atoms with Gasteiger partial charge in [-0.2, -0.15) is 0 Å². The predicted octanol–water partition coefficient (Wildman–Crippen LogP) is 5.11. The maximum absolute atomic E-state index is 13.7. The van der Waals surface area contributed by atoms with Crippen LogP contribution in [0.3, 0.4) is 0 Å². The van der Waals surface area contributed by atoms with Crippen molar-refractivity contribution in [1.29, 1.82) is 0 Å². The predicted molar refractivity (Wildman–Crippen MR) is 150 cm³/mol. The zero-order valence-electron chi connectivity index (χ0n) is 25.8. The molecule has 8 nitrogen and oxygen atoms in total. The van der Waals surface area contributed by atoms with Crippen molar-refractivity contribution in [1.82, 2.24) is 0 Å². The van der Waals surface area contributed by atoms with Crippen molar-refractivity contribution in [2.24, 2.45) is 70.0 Å². The van der Waals surface area contributed by atoms with Crippen LogP contribution in [0.2, 0.25) is 0 Å². The van der Waals surface area contributed by atoms with Crippen LogP contribution in [0.25, 0.3) is 0 Å². The molecule has 14 atom stereocenters. The van der Waals surface area contributed by atoms with Crippen molar-refractivity contribution in [3.8, 4) is 0 Å². The third-order valence-electron chi connectivity index (χ3n) is 13.4.